The van der Waals surface area contributed by atoms with Crippen LogP contribution in [0, 0.1) is 0 Å². The predicted octanol–water partition coefficient (Wildman–Crippen LogP) is 2.91. The van der Waals surface area contributed by atoms with Crippen LogP contribution in [-0.4, -0.2) is 38.4 Å². The summed E-state index contributed by atoms with van der Waals surface area (Å²) in [5.74, 6) is 1.03. The van der Waals surface area contributed by atoms with Crippen LogP contribution in [0.3, 0.4) is 0 Å². The number of nitrogens with zero attached hydrogens (tertiary/aromatic N) is 4. The van der Waals surface area contributed by atoms with Gasteiger partial charge in [0.1, 0.15) is 0 Å². The van der Waals surface area contributed by atoms with E-state index in [0.717, 1.165) is 56.8 Å². The summed E-state index contributed by atoms with van der Waals surface area (Å²) >= 11 is 0. The van der Waals surface area contributed by atoms with E-state index in [2.05, 4.69) is 52.4 Å². The zero-order valence-corrected chi connectivity index (χ0v) is 16.9. The number of carbonyl (C=O) groups excluding carboxylic acids is 1. The average molecular weight is 390 g/mol. The number of amides is 1. The molecule has 4 heterocycles. The van der Waals surface area contributed by atoms with Crippen LogP contribution >= 0.6 is 0 Å². The highest BCUT2D eigenvalue weighted by atomic mass is 16.2. The highest BCUT2D eigenvalue weighted by molar-refractivity contribution is 5.85. The number of likely N-dealkylation sites (tertiary alicyclic amines) is 1. The van der Waals surface area contributed by atoms with E-state index >= 15 is 0 Å². The number of hydrogen-bond donors (Lipinski definition) is 1. The van der Waals surface area contributed by atoms with Gasteiger partial charge >= 0.3 is 0 Å². The maximum absolute atomic E-state index is 13.1. The second-order valence-corrected chi connectivity index (χ2v) is 8.15. The lowest BCUT2D eigenvalue weighted by molar-refractivity contribution is -0.132. The zero-order chi connectivity index (χ0) is 19.8. The van der Waals surface area contributed by atoms with E-state index in [0.29, 0.717) is 6.42 Å². The third kappa shape index (κ3) is 3.42. The van der Waals surface area contributed by atoms with Gasteiger partial charge in [-0.25, -0.2) is 9.97 Å². The van der Waals surface area contributed by atoms with Crippen molar-refractivity contribution in [3.8, 4) is 0 Å². The molecular weight excluding hydrogens is 362 g/mol. The number of aromatic nitrogens is 3. The van der Waals surface area contributed by atoms with Crippen molar-refractivity contribution in [3.63, 3.8) is 0 Å². The van der Waals surface area contributed by atoms with Gasteiger partial charge in [-0.1, -0.05) is 18.2 Å². The molecule has 150 valence electrons. The SMILES string of the molecule is Cn1cc(CCC(=O)N2CCC[C@@H]2c2ncc3c(n2)CCNC3)c2ccccc21. The molecule has 2 aliphatic heterocycles. The normalized spacial score (nSPS) is 18.9. The maximum atomic E-state index is 13.1. The minimum Gasteiger partial charge on any atom is -0.350 e. The van der Waals surface area contributed by atoms with Crippen molar-refractivity contribution in [1.82, 2.24) is 24.8 Å². The van der Waals surface area contributed by atoms with E-state index in [9.17, 15) is 4.79 Å². The third-order valence-electron chi connectivity index (χ3n) is 6.29. The van der Waals surface area contributed by atoms with Gasteiger partial charge in [0.2, 0.25) is 5.91 Å². The Morgan fingerprint density at radius 1 is 1.31 bits per heavy atom. The number of fused-ring (bicyclic) bond motifs is 2. The third-order valence-corrected chi connectivity index (χ3v) is 6.29. The molecule has 0 radical (unpaired) electrons. The van der Waals surface area contributed by atoms with Gasteiger partial charge in [-0.15, -0.1) is 0 Å². The molecule has 6 heteroatoms. The van der Waals surface area contributed by atoms with Crippen molar-refractivity contribution in [3.05, 3.63) is 59.3 Å². The second-order valence-electron chi connectivity index (χ2n) is 8.15. The number of hydrogen-bond acceptors (Lipinski definition) is 4. The molecule has 1 fully saturated rings. The van der Waals surface area contributed by atoms with Crippen molar-refractivity contribution in [2.45, 2.75) is 44.7 Å². The van der Waals surface area contributed by atoms with Gasteiger partial charge in [-0.2, -0.15) is 0 Å². The summed E-state index contributed by atoms with van der Waals surface area (Å²) in [4.78, 5) is 24.6. The minimum atomic E-state index is 0.0233. The predicted molar refractivity (Wildman–Crippen MR) is 112 cm³/mol. The summed E-state index contributed by atoms with van der Waals surface area (Å²) in [5, 5.41) is 4.60. The lowest BCUT2D eigenvalue weighted by atomic mass is 10.1. The topological polar surface area (TPSA) is 63.1 Å². The van der Waals surface area contributed by atoms with Crippen molar-refractivity contribution in [1.29, 1.82) is 0 Å². The lowest BCUT2D eigenvalue weighted by Gasteiger charge is -2.25. The first-order valence-electron chi connectivity index (χ1n) is 10.6. The van der Waals surface area contributed by atoms with Crippen LogP contribution in [0.5, 0.6) is 0 Å². The molecule has 0 spiro atoms. The van der Waals surface area contributed by atoms with Gasteiger partial charge in [0, 0.05) is 74.1 Å². The molecule has 2 aromatic heterocycles. The van der Waals surface area contributed by atoms with Crippen molar-refractivity contribution in [2.75, 3.05) is 13.1 Å². The summed E-state index contributed by atoms with van der Waals surface area (Å²) < 4.78 is 2.14. The molecule has 2 aliphatic rings. The van der Waals surface area contributed by atoms with Crippen molar-refractivity contribution < 1.29 is 4.79 Å². The lowest BCUT2D eigenvalue weighted by Crippen LogP contribution is -2.32. The Labute approximate surface area is 171 Å². The van der Waals surface area contributed by atoms with E-state index in [1.165, 1.54) is 22.0 Å². The number of benzene rings is 1. The number of aryl methyl sites for hydroxylation is 2. The quantitative estimate of drug-likeness (QED) is 0.745. The Morgan fingerprint density at radius 3 is 3.14 bits per heavy atom. The number of carbonyl (C=O) groups is 1. The fourth-order valence-corrected chi connectivity index (χ4v) is 4.76. The van der Waals surface area contributed by atoms with Crippen molar-refractivity contribution >= 4 is 16.8 Å². The van der Waals surface area contributed by atoms with Gasteiger partial charge in [0.25, 0.3) is 0 Å². The molecule has 3 aromatic rings. The van der Waals surface area contributed by atoms with Gasteiger partial charge < -0.3 is 14.8 Å². The van der Waals surface area contributed by atoms with E-state index in [1.807, 2.05) is 11.1 Å². The zero-order valence-electron chi connectivity index (χ0n) is 16.9. The standard InChI is InChI=1S/C23H27N5O/c1-27-15-16(18-5-2-3-6-20(18)27)8-9-22(29)28-12-4-7-21(28)23-25-14-17-13-24-11-10-19(17)26-23/h2-3,5-6,14-15,21,24H,4,7-13H2,1H3/t21-/m1/s1. The fraction of sp³-hybridized carbons (Fsp3) is 0.435. The summed E-state index contributed by atoms with van der Waals surface area (Å²) in [6.07, 6.45) is 8.30. The molecule has 0 unspecified atom stereocenters. The Bertz CT molecular complexity index is 1060. The van der Waals surface area contributed by atoms with Crippen LogP contribution < -0.4 is 5.32 Å². The smallest absolute Gasteiger partial charge is 0.223 e. The number of nitrogens with one attached hydrogen (secondary N) is 1. The summed E-state index contributed by atoms with van der Waals surface area (Å²) in [5.41, 5.74) is 4.78. The maximum Gasteiger partial charge on any atom is 0.223 e. The molecule has 1 atom stereocenters. The number of rotatable bonds is 4. The number of para-hydroxylation sites is 1. The first-order valence-corrected chi connectivity index (χ1v) is 10.6. The fourth-order valence-electron chi connectivity index (χ4n) is 4.76. The average Bonchev–Trinajstić information content (AvgIpc) is 3.37. The van der Waals surface area contributed by atoms with E-state index in [4.69, 9.17) is 4.98 Å². The first-order chi connectivity index (χ1) is 14.2. The molecule has 29 heavy (non-hydrogen) atoms. The molecule has 0 bridgehead atoms. The Kier molecular flexibility index (Phi) is 4.79. The highest BCUT2D eigenvalue weighted by Crippen LogP contribution is 2.31. The van der Waals surface area contributed by atoms with Gasteiger partial charge in [-0.3, -0.25) is 4.79 Å². The minimum absolute atomic E-state index is 0.0233. The highest BCUT2D eigenvalue weighted by Gasteiger charge is 2.32. The molecule has 5 rings (SSSR count). The second kappa shape index (κ2) is 7.59. The Morgan fingerprint density at radius 2 is 2.21 bits per heavy atom. The van der Waals surface area contributed by atoms with Crippen LogP contribution in [0.2, 0.25) is 0 Å². The van der Waals surface area contributed by atoms with Gasteiger partial charge in [0.15, 0.2) is 5.82 Å². The summed E-state index contributed by atoms with van der Waals surface area (Å²) in [6.45, 7) is 2.61. The molecular formula is C23H27N5O. The first kappa shape index (κ1) is 18.3. The van der Waals surface area contributed by atoms with Crippen LogP contribution in [0.1, 0.15) is 47.9 Å². The summed E-state index contributed by atoms with van der Waals surface area (Å²) in [6, 6.07) is 8.41. The van der Waals surface area contributed by atoms with Crippen LogP contribution in [-0.2, 0) is 31.2 Å². The van der Waals surface area contributed by atoms with Crippen LogP contribution in [0.15, 0.2) is 36.7 Å². The summed E-state index contributed by atoms with van der Waals surface area (Å²) in [7, 11) is 2.06. The Balaban J connectivity index is 1.31. The largest absolute Gasteiger partial charge is 0.350 e. The van der Waals surface area contributed by atoms with Crippen LogP contribution in [0.25, 0.3) is 10.9 Å². The van der Waals surface area contributed by atoms with E-state index < -0.39 is 0 Å². The Hall–Kier alpha value is -2.73. The van der Waals surface area contributed by atoms with E-state index in [1.54, 1.807) is 0 Å². The molecule has 6 nitrogen and oxygen atoms in total. The molecule has 0 aliphatic carbocycles. The van der Waals surface area contributed by atoms with Crippen LogP contribution in [0.4, 0.5) is 0 Å². The molecule has 0 saturated carbocycles. The molecule has 1 amide bonds. The monoisotopic (exact) mass is 389 g/mol. The molecule has 1 aromatic carbocycles. The van der Waals surface area contributed by atoms with E-state index in [-0.39, 0.29) is 11.9 Å². The van der Waals surface area contributed by atoms with Gasteiger partial charge in [-0.05, 0) is 30.9 Å². The molecule has 1 saturated heterocycles. The molecule has 1 N–H and O–H groups in total. The van der Waals surface area contributed by atoms with Gasteiger partial charge in [0.05, 0.1) is 6.04 Å². The van der Waals surface area contributed by atoms with Crippen molar-refractivity contribution in [2.24, 2.45) is 7.05 Å².